The van der Waals surface area contributed by atoms with E-state index in [1.165, 1.54) is 0 Å². The Morgan fingerprint density at radius 1 is 1.18 bits per heavy atom. The van der Waals surface area contributed by atoms with E-state index < -0.39 is 0 Å². The third kappa shape index (κ3) is 1.71. The van der Waals surface area contributed by atoms with Gasteiger partial charge in [-0.05, 0) is 36.6 Å². The Labute approximate surface area is 110 Å². The number of aromatic nitrogens is 1. The highest BCUT2D eigenvalue weighted by Crippen LogP contribution is 2.50. The third-order valence-electron chi connectivity index (χ3n) is 3.59. The first-order valence-corrected chi connectivity index (χ1v) is 6.37. The van der Waals surface area contributed by atoms with Crippen LogP contribution in [0.25, 0.3) is 10.9 Å². The zero-order valence-corrected chi connectivity index (χ0v) is 10.7. The van der Waals surface area contributed by atoms with Gasteiger partial charge in [0.1, 0.15) is 5.15 Å². The molecule has 0 amide bonds. The molecule has 17 heavy (non-hydrogen) atoms. The van der Waals surface area contributed by atoms with E-state index in [-0.39, 0.29) is 5.41 Å². The van der Waals surface area contributed by atoms with Crippen LogP contribution >= 0.6 is 23.2 Å². The Morgan fingerprint density at radius 3 is 2.59 bits per heavy atom. The molecule has 0 bridgehead atoms. The van der Waals surface area contributed by atoms with E-state index in [0.29, 0.717) is 11.7 Å². The molecule has 2 aromatic rings. The fourth-order valence-corrected chi connectivity index (χ4v) is 2.86. The summed E-state index contributed by atoms with van der Waals surface area (Å²) in [5.74, 6) is 0. The Bertz CT molecular complexity index is 591. The van der Waals surface area contributed by atoms with Gasteiger partial charge in [-0.15, -0.1) is 0 Å². The highest BCUT2D eigenvalue weighted by atomic mass is 35.5. The minimum absolute atomic E-state index is 0.102. The number of hydrogen-bond acceptors (Lipinski definition) is 2. The summed E-state index contributed by atoms with van der Waals surface area (Å²) >= 11 is 12.3. The molecule has 88 valence electrons. The number of nitrogens with zero attached hydrogens (tertiary/aromatic N) is 1. The molecule has 1 aromatic heterocycles. The van der Waals surface area contributed by atoms with Crippen LogP contribution in [-0.4, -0.2) is 11.5 Å². The van der Waals surface area contributed by atoms with E-state index in [1.54, 1.807) is 6.07 Å². The number of pyridine rings is 1. The summed E-state index contributed by atoms with van der Waals surface area (Å²) in [5, 5.41) is 2.21. The van der Waals surface area contributed by atoms with Gasteiger partial charge in [0, 0.05) is 17.3 Å². The number of rotatable bonds is 2. The number of nitrogens with two attached hydrogens (primary N) is 1. The summed E-state index contributed by atoms with van der Waals surface area (Å²) in [4.78, 5) is 4.26. The van der Waals surface area contributed by atoms with Crippen LogP contribution < -0.4 is 5.73 Å². The number of halogens is 2. The van der Waals surface area contributed by atoms with Crippen LogP contribution in [0.4, 0.5) is 0 Å². The smallest absolute Gasteiger partial charge is 0.129 e. The SMILES string of the molecule is NCC1(c2ccc3nc(Cl)ccc3c2Cl)CC1. The highest BCUT2D eigenvalue weighted by molar-refractivity contribution is 6.36. The number of hydrogen-bond donors (Lipinski definition) is 1. The van der Waals surface area contributed by atoms with Crippen molar-refractivity contribution in [1.82, 2.24) is 4.98 Å². The molecule has 1 aliphatic carbocycles. The molecule has 1 saturated carbocycles. The standard InChI is InChI=1S/C13H12Cl2N2/c14-11-4-1-8-10(17-11)3-2-9(12(8)15)13(7-16)5-6-13/h1-4H,5-7,16H2. The van der Waals surface area contributed by atoms with Crippen LogP contribution in [0.3, 0.4) is 0 Å². The van der Waals surface area contributed by atoms with E-state index in [0.717, 1.165) is 34.3 Å². The zero-order valence-electron chi connectivity index (χ0n) is 9.21. The Kier molecular flexibility index (Phi) is 2.54. The monoisotopic (exact) mass is 266 g/mol. The molecule has 4 heteroatoms. The molecular weight excluding hydrogens is 255 g/mol. The maximum Gasteiger partial charge on any atom is 0.129 e. The van der Waals surface area contributed by atoms with Gasteiger partial charge in [-0.1, -0.05) is 29.3 Å². The molecular formula is C13H12Cl2N2. The van der Waals surface area contributed by atoms with Crippen molar-refractivity contribution in [1.29, 1.82) is 0 Å². The fourth-order valence-electron chi connectivity index (χ4n) is 2.29. The lowest BCUT2D eigenvalue weighted by Gasteiger charge is -2.16. The second-order valence-corrected chi connectivity index (χ2v) is 5.38. The largest absolute Gasteiger partial charge is 0.330 e. The van der Waals surface area contributed by atoms with Crippen LogP contribution in [0, 0.1) is 0 Å². The van der Waals surface area contributed by atoms with Crippen molar-refractivity contribution >= 4 is 34.1 Å². The van der Waals surface area contributed by atoms with Gasteiger partial charge in [0.2, 0.25) is 0 Å². The Balaban J connectivity index is 2.23. The second kappa shape index (κ2) is 3.84. The second-order valence-electron chi connectivity index (χ2n) is 4.61. The van der Waals surface area contributed by atoms with Gasteiger partial charge in [-0.2, -0.15) is 0 Å². The molecule has 0 atom stereocenters. The van der Waals surface area contributed by atoms with Crippen LogP contribution in [-0.2, 0) is 5.41 Å². The quantitative estimate of drug-likeness (QED) is 0.845. The third-order valence-corrected chi connectivity index (χ3v) is 4.20. The van der Waals surface area contributed by atoms with Crippen molar-refractivity contribution in [2.75, 3.05) is 6.54 Å². The summed E-state index contributed by atoms with van der Waals surface area (Å²) in [7, 11) is 0. The van der Waals surface area contributed by atoms with Gasteiger partial charge < -0.3 is 5.73 Å². The molecule has 0 radical (unpaired) electrons. The molecule has 1 heterocycles. The maximum atomic E-state index is 6.46. The van der Waals surface area contributed by atoms with Gasteiger partial charge in [0.05, 0.1) is 10.5 Å². The molecule has 1 aliphatic rings. The van der Waals surface area contributed by atoms with Gasteiger partial charge in [-0.3, -0.25) is 0 Å². The first kappa shape index (κ1) is 11.3. The fraction of sp³-hybridized carbons (Fsp3) is 0.308. The molecule has 0 unspecified atom stereocenters. The minimum atomic E-state index is 0.102. The van der Waals surface area contributed by atoms with Gasteiger partial charge in [0.15, 0.2) is 0 Å². The molecule has 2 nitrogen and oxygen atoms in total. The average Bonchev–Trinajstić information content (AvgIpc) is 3.10. The Morgan fingerprint density at radius 2 is 1.94 bits per heavy atom. The van der Waals surface area contributed by atoms with Crippen molar-refractivity contribution in [2.24, 2.45) is 5.73 Å². The Hall–Kier alpha value is -0.830. The summed E-state index contributed by atoms with van der Waals surface area (Å²) in [6.07, 6.45) is 2.24. The lowest BCUT2D eigenvalue weighted by Crippen LogP contribution is -2.20. The lowest BCUT2D eigenvalue weighted by molar-refractivity contribution is 0.706. The van der Waals surface area contributed by atoms with Gasteiger partial charge in [0.25, 0.3) is 0 Å². The van der Waals surface area contributed by atoms with E-state index >= 15 is 0 Å². The zero-order chi connectivity index (χ0) is 12.0. The minimum Gasteiger partial charge on any atom is -0.330 e. The first-order valence-electron chi connectivity index (χ1n) is 5.62. The highest BCUT2D eigenvalue weighted by Gasteiger charge is 2.44. The topological polar surface area (TPSA) is 38.9 Å². The molecule has 0 saturated heterocycles. The molecule has 1 aromatic carbocycles. The summed E-state index contributed by atoms with van der Waals surface area (Å²) < 4.78 is 0. The molecule has 0 aliphatic heterocycles. The molecule has 0 spiro atoms. The van der Waals surface area contributed by atoms with Crippen molar-refractivity contribution in [3.8, 4) is 0 Å². The molecule has 2 N–H and O–H groups in total. The molecule has 3 rings (SSSR count). The van der Waals surface area contributed by atoms with Gasteiger partial charge in [-0.25, -0.2) is 4.98 Å². The first-order chi connectivity index (χ1) is 8.16. The summed E-state index contributed by atoms with van der Waals surface area (Å²) in [5.41, 5.74) is 7.93. The van der Waals surface area contributed by atoms with Crippen molar-refractivity contribution in [3.63, 3.8) is 0 Å². The number of fused-ring (bicyclic) bond motifs is 1. The van der Waals surface area contributed by atoms with E-state index in [9.17, 15) is 0 Å². The normalized spacial score (nSPS) is 17.4. The van der Waals surface area contributed by atoms with Crippen molar-refractivity contribution in [3.05, 3.63) is 40.0 Å². The van der Waals surface area contributed by atoms with E-state index in [2.05, 4.69) is 4.98 Å². The van der Waals surface area contributed by atoms with Crippen LogP contribution in [0.2, 0.25) is 10.2 Å². The lowest BCUT2D eigenvalue weighted by atomic mass is 9.94. The summed E-state index contributed by atoms with van der Waals surface area (Å²) in [6, 6.07) is 7.69. The van der Waals surface area contributed by atoms with E-state index in [1.807, 2.05) is 18.2 Å². The van der Waals surface area contributed by atoms with Gasteiger partial charge >= 0.3 is 0 Å². The van der Waals surface area contributed by atoms with Crippen LogP contribution in [0.1, 0.15) is 18.4 Å². The maximum absolute atomic E-state index is 6.46. The molecule has 1 fully saturated rings. The van der Waals surface area contributed by atoms with Crippen molar-refractivity contribution in [2.45, 2.75) is 18.3 Å². The van der Waals surface area contributed by atoms with E-state index in [4.69, 9.17) is 28.9 Å². The van der Waals surface area contributed by atoms with Crippen LogP contribution in [0.15, 0.2) is 24.3 Å². The van der Waals surface area contributed by atoms with Crippen molar-refractivity contribution < 1.29 is 0 Å². The summed E-state index contributed by atoms with van der Waals surface area (Å²) in [6.45, 7) is 0.652. The predicted octanol–water partition coefficient (Wildman–Crippen LogP) is 3.53. The van der Waals surface area contributed by atoms with Crippen LogP contribution in [0.5, 0.6) is 0 Å². The average molecular weight is 267 g/mol. The number of benzene rings is 1. The predicted molar refractivity (Wildman–Crippen MR) is 71.7 cm³/mol.